The predicted molar refractivity (Wildman–Crippen MR) is 111 cm³/mol. The number of hydrogen-bond donors (Lipinski definition) is 0. The van der Waals surface area contributed by atoms with E-state index < -0.39 is 10.0 Å². The monoisotopic (exact) mass is 407 g/mol. The zero-order valence-electron chi connectivity index (χ0n) is 16.8. The van der Waals surface area contributed by atoms with E-state index in [1.54, 1.807) is 21.7 Å². The Hall–Kier alpha value is -1.28. The lowest BCUT2D eigenvalue weighted by atomic mass is 9.93. The second-order valence-corrected chi connectivity index (χ2v) is 11.2. The van der Waals surface area contributed by atoms with Crippen molar-refractivity contribution in [3.8, 4) is 0 Å². The van der Waals surface area contributed by atoms with Crippen molar-refractivity contribution in [1.82, 2.24) is 14.2 Å². The van der Waals surface area contributed by atoms with Crippen LogP contribution in [0.2, 0.25) is 0 Å². The van der Waals surface area contributed by atoms with Gasteiger partial charge in [0.2, 0.25) is 10.0 Å². The molecule has 0 amide bonds. The van der Waals surface area contributed by atoms with Gasteiger partial charge in [-0.3, -0.25) is 4.90 Å². The lowest BCUT2D eigenvalue weighted by molar-refractivity contribution is 0.181. The minimum atomic E-state index is -3.43. The van der Waals surface area contributed by atoms with Gasteiger partial charge < -0.3 is 0 Å². The summed E-state index contributed by atoms with van der Waals surface area (Å²) >= 11 is 1.69. The molecule has 0 spiro atoms. The van der Waals surface area contributed by atoms with E-state index in [1.165, 1.54) is 0 Å². The highest BCUT2D eigenvalue weighted by Gasteiger charge is 2.30. The van der Waals surface area contributed by atoms with Crippen molar-refractivity contribution in [2.45, 2.75) is 51.5 Å². The summed E-state index contributed by atoms with van der Waals surface area (Å²) in [5.74, 6) is 0. The third kappa shape index (κ3) is 4.59. The van der Waals surface area contributed by atoms with Crippen molar-refractivity contribution in [2.75, 3.05) is 26.2 Å². The standard InChI is InChI=1S/C20H29N3O2S2/c1-15-6-7-16(2)17(12-15)27(24,25)23-10-8-22(9-11-23)13-19-21-18(14-26-19)20(3,4)5/h6-7,12,14H,8-11,13H2,1-5H3. The second-order valence-electron chi connectivity index (χ2n) is 8.33. The van der Waals surface area contributed by atoms with Gasteiger partial charge in [-0.25, -0.2) is 13.4 Å². The molecule has 1 saturated heterocycles. The van der Waals surface area contributed by atoms with Crippen LogP contribution in [0, 0.1) is 13.8 Å². The van der Waals surface area contributed by atoms with Crippen LogP contribution in [0.15, 0.2) is 28.5 Å². The van der Waals surface area contributed by atoms with Gasteiger partial charge in [0.15, 0.2) is 0 Å². The lowest BCUT2D eigenvalue weighted by Crippen LogP contribution is -2.48. The predicted octanol–water partition coefficient (Wildman–Crippen LogP) is 3.56. The largest absolute Gasteiger partial charge is 0.294 e. The highest BCUT2D eigenvalue weighted by molar-refractivity contribution is 7.89. The van der Waals surface area contributed by atoms with Crippen LogP contribution in [-0.4, -0.2) is 48.8 Å². The van der Waals surface area contributed by atoms with E-state index in [1.807, 2.05) is 26.0 Å². The molecule has 0 saturated carbocycles. The van der Waals surface area contributed by atoms with Gasteiger partial charge in [-0.15, -0.1) is 11.3 Å². The van der Waals surface area contributed by atoms with Gasteiger partial charge in [-0.2, -0.15) is 4.31 Å². The van der Waals surface area contributed by atoms with Gasteiger partial charge in [0.1, 0.15) is 5.01 Å². The molecule has 0 unspecified atom stereocenters. The maximum atomic E-state index is 13.0. The Morgan fingerprint density at radius 3 is 2.37 bits per heavy atom. The second kappa shape index (κ2) is 7.62. The van der Waals surface area contributed by atoms with Crippen molar-refractivity contribution < 1.29 is 8.42 Å². The fourth-order valence-corrected chi connectivity index (χ4v) is 5.97. The molecule has 1 aliphatic rings. The van der Waals surface area contributed by atoms with Crippen molar-refractivity contribution in [2.24, 2.45) is 0 Å². The minimum Gasteiger partial charge on any atom is -0.294 e. The van der Waals surface area contributed by atoms with E-state index in [9.17, 15) is 8.42 Å². The van der Waals surface area contributed by atoms with Gasteiger partial charge in [0, 0.05) is 37.0 Å². The van der Waals surface area contributed by atoms with Crippen LogP contribution in [0.1, 0.15) is 42.6 Å². The number of hydrogen-bond acceptors (Lipinski definition) is 5. The first-order chi connectivity index (χ1) is 12.6. The Morgan fingerprint density at radius 1 is 1.11 bits per heavy atom. The first-order valence-electron chi connectivity index (χ1n) is 9.32. The summed E-state index contributed by atoms with van der Waals surface area (Å²) in [6, 6.07) is 5.61. The maximum absolute atomic E-state index is 13.0. The van der Waals surface area contributed by atoms with E-state index in [0.29, 0.717) is 18.0 Å². The molecule has 7 heteroatoms. The number of piperazine rings is 1. The van der Waals surface area contributed by atoms with Crippen LogP contribution in [0.4, 0.5) is 0 Å². The van der Waals surface area contributed by atoms with Gasteiger partial charge in [-0.05, 0) is 31.0 Å². The molecule has 1 fully saturated rings. The van der Waals surface area contributed by atoms with Crippen LogP contribution in [0.5, 0.6) is 0 Å². The number of aryl methyl sites for hydroxylation is 2. The molecule has 0 aliphatic carbocycles. The van der Waals surface area contributed by atoms with Crippen molar-refractivity contribution in [3.63, 3.8) is 0 Å². The number of aromatic nitrogens is 1. The topological polar surface area (TPSA) is 53.5 Å². The van der Waals surface area contributed by atoms with Crippen molar-refractivity contribution in [3.05, 3.63) is 45.4 Å². The molecule has 148 valence electrons. The van der Waals surface area contributed by atoms with E-state index in [-0.39, 0.29) is 5.41 Å². The van der Waals surface area contributed by atoms with Crippen molar-refractivity contribution in [1.29, 1.82) is 0 Å². The summed E-state index contributed by atoms with van der Waals surface area (Å²) in [7, 11) is -3.43. The molecule has 1 aromatic heterocycles. The third-order valence-electron chi connectivity index (χ3n) is 4.97. The third-order valence-corrected chi connectivity index (χ3v) is 7.85. The molecule has 3 rings (SSSR count). The molecular formula is C20H29N3O2S2. The van der Waals surface area contributed by atoms with Crippen LogP contribution in [0.3, 0.4) is 0 Å². The fourth-order valence-electron chi connectivity index (χ4n) is 3.17. The number of sulfonamides is 1. The maximum Gasteiger partial charge on any atom is 0.243 e. The zero-order valence-corrected chi connectivity index (χ0v) is 18.5. The number of nitrogens with zero attached hydrogens (tertiary/aromatic N) is 3. The summed E-state index contributed by atoms with van der Waals surface area (Å²) in [5, 5.41) is 3.24. The van der Waals surface area contributed by atoms with E-state index >= 15 is 0 Å². The molecule has 27 heavy (non-hydrogen) atoms. The summed E-state index contributed by atoms with van der Waals surface area (Å²) in [6.07, 6.45) is 0. The first-order valence-corrected chi connectivity index (χ1v) is 11.6. The van der Waals surface area contributed by atoms with Gasteiger partial charge in [0.05, 0.1) is 17.1 Å². The number of benzene rings is 1. The molecule has 0 radical (unpaired) electrons. The molecule has 2 aromatic rings. The molecule has 0 N–H and O–H groups in total. The molecular weight excluding hydrogens is 378 g/mol. The fraction of sp³-hybridized carbons (Fsp3) is 0.550. The molecule has 1 aliphatic heterocycles. The normalized spacial score (nSPS) is 17.4. The van der Waals surface area contributed by atoms with Crippen LogP contribution >= 0.6 is 11.3 Å². The molecule has 0 bridgehead atoms. The highest BCUT2D eigenvalue weighted by Crippen LogP contribution is 2.26. The van der Waals surface area contributed by atoms with Crippen LogP contribution in [0.25, 0.3) is 0 Å². The Kier molecular flexibility index (Phi) is 5.77. The highest BCUT2D eigenvalue weighted by atomic mass is 32.2. The lowest BCUT2D eigenvalue weighted by Gasteiger charge is -2.33. The number of thiazole rings is 1. The van der Waals surface area contributed by atoms with E-state index in [4.69, 9.17) is 4.98 Å². The summed E-state index contributed by atoms with van der Waals surface area (Å²) in [5.41, 5.74) is 2.96. The average molecular weight is 408 g/mol. The SMILES string of the molecule is Cc1ccc(C)c(S(=O)(=O)N2CCN(Cc3nc(C(C)(C)C)cs3)CC2)c1. The van der Waals surface area contributed by atoms with Crippen molar-refractivity contribution >= 4 is 21.4 Å². The summed E-state index contributed by atoms with van der Waals surface area (Å²) in [6.45, 7) is 13.6. The van der Waals surface area contributed by atoms with Gasteiger partial charge in [0.25, 0.3) is 0 Å². The van der Waals surface area contributed by atoms with E-state index in [0.717, 1.165) is 41.5 Å². The minimum absolute atomic E-state index is 0.0627. The smallest absolute Gasteiger partial charge is 0.243 e. The zero-order chi connectivity index (χ0) is 19.8. The van der Waals surface area contributed by atoms with E-state index in [2.05, 4.69) is 31.1 Å². The van der Waals surface area contributed by atoms with Gasteiger partial charge >= 0.3 is 0 Å². The Balaban J connectivity index is 1.65. The quantitative estimate of drug-likeness (QED) is 0.778. The molecule has 1 aromatic carbocycles. The number of rotatable bonds is 4. The molecule has 2 heterocycles. The Labute approximate surface area is 167 Å². The first kappa shape index (κ1) is 20.5. The van der Waals surface area contributed by atoms with Crippen LogP contribution < -0.4 is 0 Å². The van der Waals surface area contributed by atoms with Crippen LogP contribution in [-0.2, 0) is 22.0 Å². The Morgan fingerprint density at radius 2 is 1.78 bits per heavy atom. The van der Waals surface area contributed by atoms with Gasteiger partial charge in [-0.1, -0.05) is 32.9 Å². The summed E-state index contributed by atoms with van der Waals surface area (Å²) < 4.78 is 27.7. The summed E-state index contributed by atoms with van der Waals surface area (Å²) in [4.78, 5) is 7.49. The molecule has 0 atom stereocenters. The average Bonchev–Trinajstić information content (AvgIpc) is 3.06. The molecule has 5 nitrogen and oxygen atoms in total. The Bertz CT molecular complexity index is 906.